The van der Waals surface area contributed by atoms with Gasteiger partial charge < -0.3 is 15.2 Å². The molecule has 0 aliphatic rings. The van der Waals surface area contributed by atoms with E-state index in [9.17, 15) is 9.90 Å². The monoisotopic (exact) mass is 232 g/mol. The van der Waals surface area contributed by atoms with Crippen molar-refractivity contribution in [2.75, 3.05) is 11.9 Å². The molecule has 0 saturated heterocycles. The number of para-hydroxylation sites is 2. The van der Waals surface area contributed by atoms with Crippen molar-refractivity contribution in [2.24, 2.45) is 0 Å². The smallest absolute Gasteiger partial charge is 0.350 e. The summed E-state index contributed by atoms with van der Waals surface area (Å²) in [6.45, 7) is 1.86. The van der Waals surface area contributed by atoms with Crippen LogP contribution in [-0.2, 0) is 9.53 Å². The normalized spacial score (nSPS) is 10.5. The molecule has 0 atom stereocenters. The van der Waals surface area contributed by atoms with Crippen LogP contribution in [0.3, 0.4) is 0 Å². The number of anilines is 1. The van der Waals surface area contributed by atoms with Crippen molar-refractivity contribution >= 4 is 11.7 Å². The van der Waals surface area contributed by atoms with Gasteiger partial charge in [-0.1, -0.05) is 12.1 Å². The third-order valence-electron chi connectivity index (χ3n) is 1.89. The first kappa shape index (κ1) is 12.6. The fourth-order valence-corrected chi connectivity index (χ4v) is 1.09. The lowest BCUT2D eigenvalue weighted by Crippen LogP contribution is -2.07. The average molecular weight is 232 g/mol. The number of benzene rings is 1. The number of nitrogens with one attached hydrogen (secondary N) is 1. The van der Waals surface area contributed by atoms with E-state index < -0.39 is 5.97 Å². The summed E-state index contributed by atoms with van der Waals surface area (Å²) in [6.07, 6.45) is 1.20. The Kier molecular flexibility index (Phi) is 4.58. The molecule has 1 rings (SSSR count). The van der Waals surface area contributed by atoms with E-state index in [1.54, 1.807) is 31.2 Å². The van der Waals surface area contributed by atoms with Crippen LogP contribution in [0, 0.1) is 11.3 Å². The number of aromatic hydroxyl groups is 1. The van der Waals surface area contributed by atoms with Gasteiger partial charge in [-0.3, -0.25) is 0 Å². The molecule has 5 nitrogen and oxygen atoms in total. The van der Waals surface area contributed by atoms with E-state index in [2.05, 4.69) is 10.1 Å². The van der Waals surface area contributed by atoms with E-state index in [4.69, 9.17) is 5.26 Å². The molecule has 1 aromatic carbocycles. The van der Waals surface area contributed by atoms with E-state index in [1.807, 2.05) is 0 Å². The van der Waals surface area contributed by atoms with Gasteiger partial charge in [0, 0.05) is 6.20 Å². The summed E-state index contributed by atoms with van der Waals surface area (Å²) < 4.78 is 4.68. The molecule has 0 unspecified atom stereocenters. The highest BCUT2D eigenvalue weighted by Gasteiger charge is 2.09. The van der Waals surface area contributed by atoms with Gasteiger partial charge in [0.2, 0.25) is 0 Å². The Morgan fingerprint density at radius 1 is 1.59 bits per heavy atom. The molecule has 88 valence electrons. The number of ether oxygens (including phenoxy) is 1. The van der Waals surface area contributed by atoms with E-state index in [0.29, 0.717) is 5.69 Å². The second-order valence-electron chi connectivity index (χ2n) is 3.05. The molecule has 5 heteroatoms. The standard InChI is InChI=1S/C12H12N2O3/c1-2-17-12(16)9(7-13)8-14-10-5-3-4-6-11(10)15/h3-6,8,14-15H,2H2,1H3/b9-8-. The number of carbonyl (C=O) groups excluding carboxylic acids is 1. The zero-order chi connectivity index (χ0) is 12.7. The van der Waals surface area contributed by atoms with Crippen LogP contribution in [0.2, 0.25) is 0 Å². The number of carbonyl (C=O) groups is 1. The second kappa shape index (κ2) is 6.18. The quantitative estimate of drug-likeness (QED) is 0.358. The summed E-state index contributed by atoms with van der Waals surface area (Å²) in [5.74, 6) is -0.664. The van der Waals surface area contributed by atoms with Gasteiger partial charge in [-0.2, -0.15) is 5.26 Å². The van der Waals surface area contributed by atoms with Gasteiger partial charge in [-0.25, -0.2) is 4.79 Å². The summed E-state index contributed by atoms with van der Waals surface area (Å²) in [5, 5.41) is 20.9. The number of esters is 1. The maximum atomic E-state index is 11.3. The van der Waals surface area contributed by atoms with Gasteiger partial charge >= 0.3 is 5.97 Å². The first-order valence-electron chi connectivity index (χ1n) is 5.01. The fourth-order valence-electron chi connectivity index (χ4n) is 1.09. The molecule has 0 heterocycles. The topological polar surface area (TPSA) is 82.4 Å². The Hall–Kier alpha value is -2.48. The third kappa shape index (κ3) is 3.54. The Balaban J connectivity index is 2.79. The van der Waals surface area contributed by atoms with Crippen LogP contribution in [0.1, 0.15) is 6.92 Å². The minimum atomic E-state index is -0.696. The maximum Gasteiger partial charge on any atom is 0.350 e. The van der Waals surface area contributed by atoms with Crippen LogP contribution in [0.4, 0.5) is 5.69 Å². The van der Waals surface area contributed by atoms with E-state index in [-0.39, 0.29) is 17.9 Å². The lowest BCUT2D eigenvalue weighted by molar-refractivity contribution is -0.138. The molecule has 0 saturated carbocycles. The summed E-state index contributed by atoms with van der Waals surface area (Å²) in [7, 11) is 0. The van der Waals surface area contributed by atoms with Crippen molar-refractivity contribution in [1.29, 1.82) is 5.26 Å². The Morgan fingerprint density at radius 3 is 2.88 bits per heavy atom. The predicted octanol–water partition coefficient (Wildman–Crippen LogP) is 1.77. The molecule has 0 spiro atoms. The molecule has 2 N–H and O–H groups in total. The molecule has 0 aliphatic carbocycles. The van der Waals surface area contributed by atoms with Crippen molar-refractivity contribution in [3.05, 3.63) is 36.0 Å². The number of nitrogens with zero attached hydrogens (tertiary/aromatic N) is 1. The van der Waals surface area contributed by atoms with Gasteiger partial charge in [0.25, 0.3) is 0 Å². The minimum absolute atomic E-state index is 0.0323. The first-order valence-corrected chi connectivity index (χ1v) is 5.01. The lowest BCUT2D eigenvalue weighted by atomic mass is 10.3. The first-order chi connectivity index (χ1) is 8.19. The van der Waals surface area contributed by atoms with Crippen LogP contribution < -0.4 is 5.32 Å². The Bertz CT molecular complexity index is 475. The van der Waals surface area contributed by atoms with Crippen molar-refractivity contribution < 1.29 is 14.6 Å². The number of rotatable bonds is 4. The number of phenolic OH excluding ortho intramolecular Hbond substituents is 1. The molecule has 1 aromatic rings. The molecule has 0 aliphatic heterocycles. The van der Waals surface area contributed by atoms with E-state index in [0.717, 1.165) is 0 Å². The number of phenols is 1. The average Bonchev–Trinajstić information content (AvgIpc) is 2.32. The molecule has 17 heavy (non-hydrogen) atoms. The predicted molar refractivity (Wildman–Crippen MR) is 62.1 cm³/mol. The van der Waals surface area contributed by atoms with Crippen LogP contribution in [0.15, 0.2) is 36.0 Å². The van der Waals surface area contributed by atoms with Crippen molar-refractivity contribution in [2.45, 2.75) is 6.92 Å². The summed E-state index contributed by atoms with van der Waals surface area (Å²) in [4.78, 5) is 11.3. The number of hydrogen-bond donors (Lipinski definition) is 2. The molecule has 0 bridgehead atoms. The largest absolute Gasteiger partial charge is 0.506 e. The Morgan fingerprint density at radius 2 is 2.29 bits per heavy atom. The minimum Gasteiger partial charge on any atom is -0.506 e. The van der Waals surface area contributed by atoms with Gasteiger partial charge in [0.05, 0.1) is 12.3 Å². The van der Waals surface area contributed by atoms with E-state index >= 15 is 0 Å². The molecule has 0 amide bonds. The zero-order valence-corrected chi connectivity index (χ0v) is 9.30. The highest BCUT2D eigenvalue weighted by Crippen LogP contribution is 2.21. The summed E-state index contributed by atoms with van der Waals surface area (Å²) >= 11 is 0. The molecular weight excluding hydrogens is 220 g/mol. The molecular formula is C12H12N2O3. The van der Waals surface area contributed by atoms with Gasteiger partial charge in [0.1, 0.15) is 11.8 Å². The SMILES string of the molecule is CCOC(=O)/C(C#N)=C\Nc1ccccc1O. The van der Waals surface area contributed by atoms with Crippen LogP contribution >= 0.6 is 0 Å². The van der Waals surface area contributed by atoms with Crippen molar-refractivity contribution in [1.82, 2.24) is 0 Å². The number of hydrogen-bond acceptors (Lipinski definition) is 5. The van der Waals surface area contributed by atoms with Gasteiger partial charge in [-0.15, -0.1) is 0 Å². The maximum absolute atomic E-state index is 11.3. The highest BCUT2D eigenvalue weighted by atomic mass is 16.5. The highest BCUT2D eigenvalue weighted by molar-refractivity contribution is 5.93. The Labute approximate surface area is 98.9 Å². The van der Waals surface area contributed by atoms with E-state index in [1.165, 1.54) is 12.3 Å². The third-order valence-corrected chi connectivity index (χ3v) is 1.89. The molecule has 0 aromatic heterocycles. The van der Waals surface area contributed by atoms with Gasteiger partial charge in [-0.05, 0) is 19.1 Å². The van der Waals surface area contributed by atoms with Crippen LogP contribution in [0.5, 0.6) is 5.75 Å². The van der Waals surface area contributed by atoms with Crippen LogP contribution in [-0.4, -0.2) is 17.7 Å². The van der Waals surface area contributed by atoms with Gasteiger partial charge in [0.15, 0.2) is 5.57 Å². The molecule has 0 fully saturated rings. The van der Waals surface area contributed by atoms with Crippen molar-refractivity contribution in [3.8, 4) is 11.8 Å². The summed E-state index contributed by atoms with van der Waals surface area (Å²) in [5.41, 5.74) is 0.250. The van der Waals surface area contributed by atoms with Crippen molar-refractivity contribution in [3.63, 3.8) is 0 Å². The summed E-state index contributed by atoms with van der Waals surface area (Å²) in [6, 6.07) is 8.21. The second-order valence-corrected chi connectivity index (χ2v) is 3.05. The number of nitriles is 1. The fraction of sp³-hybridized carbons (Fsp3) is 0.167. The lowest BCUT2D eigenvalue weighted by Gasteiger charge is -2.04. The molecule has 0 radical (unpaired) electrons. The van der Waals surface area contributed by atoms with Crippen LogP contribution in [0.25, 0.3) is 0 Å². The zero-order valence-electron chi connectivity index (χ0n) is 9.30.